The van der Waals surface area contributed by atoms with Crippen molar-refractivity contribution < 1.29 is 19.1 Å². The highest BCUT2D eigenvalue weighted by Crippen LogP contribution is 2.27. The molecule has 0 bridgehead atoms. The van der Waals surface area contributed by atoms with Crippen LogP contribution in [0.3, 0.4) is 0 Å². The molecule has 0 saturated carbocycles. The average Bonchev–Trinajstić information content (AvgIpc) is 2.64. The van der Waals surface area contributed by atoms with Gasteiger partial charge in [-0.05, 0) is 49.1 Å². The Balaban J connectivity index is 2.05. The average molecular weight is 355 g/mol. The molecule has 138 valence electrons. The largest absolute Gasteiger partial charge is 0.497 e. The molecule has 0 radical (unpaired) electrons. The molecule has 1 amide bonds. The van der Waals surface area contributed by atoms with E-state index in [1.807, 2.05) is 56.3 Å². The summed E-state index contributed by atoms with van der Waals surface area (Å²) in [6, 6.07) is 13.1. The van der Waals surface area contributed by atoms with Crippen LogP contribution in [0.2, 0.25) is 0 Å². The predicted octanol–water partition coefficient (Wildman–Crippen LogP) is 4.02. The first-order valence-corrected chi connectivity index (χ1v) is 8.63. The van der Waals surface area contributed by atoms with Crippen LogP contribution in [0.5, 0.6) is 5.75 Å². The van der Waals surface area contributed by atoms with E-state index in [9.17, 15) is 9.59 Å². The molecule has 0 aliphatic heterocycles. The van der Waals surface area contributed by atoms with E-state index in [-0.39, 0.29) is 12.5 Å². The monoisotopic (exact) mass is 355 g/mol. The van der Waals surface area contributed by atoms with Crippen molar-refractivity contribution in [1.29, 1.82) is 0 Å². The van der Waals surface area contributed by atoms with E-state index in [1.165, 1.54) is 0 Å². The summed E-state index contributed by atoms with van der Waals surface area (Å²) in [5.74, 6) is -0.994. The summed E-state index contributed by atoms with van der Waals surface area (Å²) in [6.45, 7) is 5.73. The van der Waals surface area contributed by atoms with Gasteiger partial charge in [0.1, 0.15) is 18.3 Å². The van der Waals surface area contributed by atoms with Crippen molar-refractivity contribution in [3.63, 3.8) is 0 Å². The Morgan fingerprint density at radius 2 is 1.69 bits per heavy atom. The Kier molecular flexibility index (Phi) is 6.78. The van der Waals surface area contributed by atoms with Gasteiger partial charge in [-0.15, -0.1) is 0 Å². The lowest BCUT2D eigenvalue weighted by atomic mass is 10.0. The fourth-order valence-corrected chi connectivity index (χ4v) is 2.74. The first-order valence-electron chi connectivity index (χ1n) is 8.63. The minimum Gasteiger partial charge on any atom is -0.497 e. The van der Waals surface area contributed by atoms with Gasteiger partial charge in [-0.1, -0.05) is 37.3 Å². The number of nitrogens with one attached hydrogen (secondary N) is 1. The zero-order chi connectivity index (χ0) is 19.1. The number of benzene rings is 2. The van der Waals surface area contributed by atoms with Gasteiger partial charge in [-0.25, -0.2) is 0 Å². The van der Waals surface area contributed by atoms with E-state index in [4.69, 9.17) is 9.47 Å². The molecule has 26 heavy (non-hydrogen) atoms. The molecule has 1 atom stereocenters. The topological polar surface area (TPSA) is 64.6 Å². The van der Waals surface area contributed by atoms with Crippen molar-refractivity contribution in [2.24, 2.45) is 5.92 Å². The van der Waals surface area contributed by atoms with Crippen LogP contribution in [-0.4, -0.2) is 19.0 Å². The van der Waals surface area contributed by atoms with Gasteiger partial charge in [0.2, 0.25) is 5.91 Å². The zero-order valence-corrected chi connectivity index (χ0v) is 15.7. The molecule has 1 N–H and O–H groups in total. The van der Waals surface area contributed by atoms with Crippen molar-refractivity contribution in [2.75, 3.05) is 12.4 Å². The van der Waals surface area contributed by atoms with Crippen LogP contribution in [0.25, 0.3) is 0 Å². The Hall–Kier alpha value is -2.82. The number of rotatable bonds is 7. The molecular weight excluding hydrogens is 330 g/mol. The normalized spacial score (nSPS) is 11.5. The molecule has 5 heteroatoms. The molecule has 1 unspecified atom stereocenters. The van der Waals surface area contributed by atoms with Gasteiger partial charge in [0, 0.05) is 5.69 Å². The number of carbonyl (C=O) groups excluding carboxylic acids is 2. The number of hydrogen-bond donors (Lipinski definition) is 1. The molecule has 0 aromatic heterocycles. The quantitative estimate of drug-likeness (QED) is 0.602. The van der Waals surface area contributed by atoms with Crippen molar-refractivity contribution in [1.82, 2.24) is 0 Å². The molecule has 0 heterocycles. The lowest BCUT2D eigenvalue weighted by molar-refractivity contribution is -0.152. The molecule has 0 spiro atoms. The summed E-state index contributed by atoms with van der Waals surface area (Å²) in [6.07, 6.45) is 0.369. The molecule has 2 aromatic rings. The van der Waals surface area contributed by atoms with Gasteiger partial charge >= 0.3 is 5.97 Å². The van der Waals surface area contributed by atoms with Crippen LogP contribution in [0.1, 0.15) is 30.0 Å². The fraction of sp³-hybridized carbons (Fsp3) is 0.333. The maximum atomic E-state index is 12.6. The first kappa shape index (κ1) is 19.5. The fourth-order valence-electron chi connectivity index (χ4n) is 2.74. The highest BCUT2D eigenvalue weighted by molar-refractivity contribution is 6.05. The van der Waals surface area contributed by atoms with E-state index >= 15 is 0 Å². The molecule has 0 saturated heterocycles. The molecule has 0 aliphatic carbocycles. The van der Waals surface area contributed by atoms with Crippen LogP contribution in [-0.2, 0) is 20.9 Å². The Bertz CT molecular complexity index is 748. The highest BCUT2D eigenvalue weighted by atomic mass is 16.5. The highest BCUT2D eigenvalue weighted by Gasteiger charge is 2.27. The maximum Gasteiger partial charge on any atom is 0.318 e. The van der Waals surface area contributed by atoms with Gasteiger partial charge in [0.05, 0.1) is 7.11 Å². The SMILES string of the molecule is CCC(C(=O)Nc1c(C)cc(OC)cc1C)C(=O)OCc1ccccc1. The summed E-state index contributed by atoms with van der Waals surface area (Å²) >= 11 is 0. The van der Waals surface area contributed by atoms with Crippen LogP contribution < -0.4 is 10.1 Å². The van der Waals surface area contributed by atoms with Gasteiger partial charge in [0.25, 0.3) is 0 Å². The number of carbonyl (C=O) groups is 2. The standard InChI is InChI=1S/C21H25NO4/c1-5-18(21(24)26-13-16-9-7-6-8-10-16)20(23)22-19-14(2)11-17(25-4)12-15(19)3/h6-12,18H,5,13H2,1-4H3,(H,22,23). The van der Waals surface area contributed by atoms with Crippen LogP contribution >= 0.6 is 0 Å². The second-order valence-electron chi connectivity index (χ2n) is 6.18. The lowest BCUT2D eigenvalue weighted by Crippen LogP contribution is -2.31. The van der Waals surface area contributed by atoms with Gasteiger partial charge in [-0.2, -0.15) is 0 Å². The molecule has 2 rings (SSSR count). The molecule has 2 aromatic carbocycles. The third kappa shape index (κ3) is 4.85. The van der Waals surface area contributed by atoms with E-state index in [0.29, 0.717) is 12.1 Å². The van der Waals surface area contributed by atoms with E-state index in [0.717, 1.165) is 22.4 Å². The van der Waals surface area contributed by atoms with Crippen molar-refractivity contribution in [3.05, 3.63) is 59.2 Å². The molecular formula is C21H25NO4. The smallest absolute Gasteiger partial charge is 0.318 e. The molecule has 0 fully saturated rings. The second kappa shape index (κ2) is 9.04. The number of amides is 1. The molecule has 0 aliphatic rings. The zero-order valence-electron chi connectivity index (χ0n) is 15.7. The van der Waals surface area contributed by atoms with Crippen molar-refractivity contribution in [3.8, 4) is 5.75 Å². The van der Waals surface area contributed by atoms with Crippen molar-refractivity contribution in [2.45, 2.75) is 33.8 Å². The van der Waals surface area contributed by atoms with Gasteiger partial charge < -0.3 is 14.8 Å². The van der Waals surface area contributed by atoms with Crippen molar-refractivity contribution >= 4 is 17.6 Å². The second-order valence-corrected chi connectivity index (χ2v) is 6.18. The first-order chi connectivity index (χ1) is 12.5. The van der Waals surface area contributed by atoms with Crippen LogP contribution in [0.15, 0.2) is 42.5 Å². The minimum atomic E-state index is -0.848. The third-order valence-corrected chi connectivity index (χ3v) is 4.22. The summed E-state index contributed by atoms with van der Waals surface area (Å²) in [7, 11) is 1.60. The van der Waals surface area contributed by atoms with Crippen LogP contribution in [0.4, 0.5) is 5.69 Å². The summed E-state index contributed by atoms with van der Waals surface area (Å²) < 4.78 is 10.5. The summed E-state index contributed by atoms with van der Waals surface area (Å²) in [5.41, 5.74) is 3.34. The lowest BCUT2D eigenvalue weighted by Gasteiger charge is -2.17. The van der Waals surface area contributed by atoms with Gasteiger partial charge in [0.15, 0.2) is 0 Å². The Morgan fingerprint density at radius 3 is 2.23 bits per heavy atom. The number of esters is 1. The predicted molar refractivity (Wildman–Crippen MR) is 101 cm³/mol. The number of aryl methyl sites for hydroxylation is 2. The van der Waals surface area contributed by atoms with E-state index in [1.54, 1.807) is 14.0 Å². The summed E-state index contributed by atoms with van der Waals surface area (Å²) in [4.78, 5) is 25.0. The summed E-state index contributed by atoms with van der Waals surface area (Å²) in [5, 5.41) is 2.86. The number of methoxy groups -OCH3 is 1. The van der Waals surface area contributed by atoms with Gasteiger partial charge in [-0.3, -0.25) is 9.59 Å². The maximum absolute atomic E-state index is 12.6. The number of hydrogen-bond acceptors (Lipinski definition) is 4. The third-order valence-electron chi connectivity index (χ3n) is 4.22. The Morgan fingerprint density at radius 1 is 1.08 bits per heavy atom. The van der Waals surface area contributed by atoms with Crippen LogP contribution in [0, 0.1) is 19.8 Å². The Labute approximate surface area is 154 Å². The van der Waals surface area contributed by atoms with E-state index < -0.39 is 11.9 Å². The number of anilines is 1. The number of ether oxygens (including phenoxy) is 2. The van der Waals surface area contributed by atoms with E-state index in [2.05, 4.69) is 5.32 Å². The molecule has 5 nitrogen and oxygen atoms in total. The minimum absolute atomic E-state index is 0.157.